The van der Waals surface area contributed by atoms with Gasteiger partial charge in [-0.2, -0.15) is 4.57 Å². The molecule has 0 N–H and O–H groups in total. The monoisotopic (exact) mass is 328 g/mol. The number of rotatable bonds is 2. The smallest absolute Gasteiger partial charge is 0.207 e. The highest BCUT2D eigenvalue weighted by Crippen LogP contribution is 2.26. The first-order chi connectivity index (χ1) is 12.1. The number of fused-ring (bicyclic) bond motifs is 1. The summed E-state index contributed by atoms with van der Waals surface area (Å²) in [6.07, 6.45) is 0. The number of benzene rings is 3. The van der Waals surface area contributed by atoms with E-state index >= 15 is 0 Å². The molecule has 0 fully saturated rings. The van der Waals surface area contributed by atoms with Crippen molar-refractivity contribution in [1.29, 1.82) is 0 Å². The summed E-state index contributed by atoms with van der Waals surface area (Å²) in [5, 5.41) is 1.19. The Hall–Kier alpha value is -3.00. The first-order valence-electron chi connectivity index (χ1n) is 8.38. The largest absolute Gasteiger partial charge is 0.213 e. The highest BCUT2D eigenvalue weighted by atomic mass is 19.1. The molecule has 1 aromatic heterocycles. The molecule has 25 heavy (non-hydrogen) atoms. The number of nitrogens with zero attached hydrogens (tertiary/aromatic N) is 1. The van der Waals surface area contributed by atoms with Gasteiger partial charge in [0.25, 0.3) is 0 Å². The van der Waals surface area contributed by atoms with Gasteiger partial charge in [0, 0.05) is 23.1 Å². The molecule has 0 amide bonds. The molecule has 122 valence electrons. The molecule has 0 unspecified atom stereocenters. The maximum Gasteiger partial charge on any atom is 0.213 e. The van der Waals surface area contributed by atoms with Crippen LogP contribution in [0.2, 0.25) is 0 Å². The highest BCUT2D eigenvalue weighted by molar-refractivity contribution is 5.83. The normalized spacial score (nSPS) is 11.0. The highest BCUT2D eigenvalue weighted by Gasteiger charge is 2.16. The van der Waals surface area contributed by atoms with Crippen LogP contribution in [0.1, 0.15) is 5.56 Å². The van der Waals surface area contributed by atoms with Gasteiger partial charge in [-0.1, -0.05) is 36.4 Å². The molecular weight excluding hydrogens is 309 g/mol. The van der Waals surface area contributed by atoms with Gasteiger partial charge in [0.05, 0.1) is 0 Å². The van der Waals surface area contributed by atoms with E-state index in [0.29, 0.717) is 0 Å². The van der Waals surface area contributed by atoms with E-state index in [1.54, 1.807) is 0 Å². The van der Waals surface area contributed by atoms with Gasteiger partial charge in [-0.05, 0) is 53.9 Å². The van der Waals surface area contributed by atoms with Crippen molar-refractivity contribution in [3.63, 3.8) is 0 Å². The first kappa shape index (κ1) is 15.5. The molecule has 0 spiro atoms. The van der Waals surface area contributed by atoms with E-state index < -0.39 is 0 Å². The van der Waals surface area contributed by atoms with Crippen LogP contribution in [0.25, 0.3) is 33.3 Å². The summed E-state index contributed by atoms with van der Waals surface area (Å²) in [6, 6.07) is 25.8. The summed E-state index contributed by atoms with van der Waals surface area (Å²) in [7, 11) is 2.10. The fraction of sp³-hybridized carbons (Fsp3) is 0.0870. The first-order valence-corrected chi connectivity index (χ1v) is 8.38. The number of hydrogen-bond donors (Lipinski definition) is 0. The summed E-state index contributed by atoms with van der Waals surface area (Å²) in [5.41, 5.74) is 6.94. The fourth-order valence-electron chi connectivity index (χ4n) is 3.34. The zero-order chi connectivity index (χ0) is 17.4. The number of pyridine rings is 1. The quantitative estimate of drug-likeness (QED) is 0.431. The average Bonchev–Trinajstić information content (AvgIpc) is 2.63. The predicted molar refractivity (Wildman–Crippen MR) is 101 cm³/mol. The Morgan fingerprint density at radius 1 is 0.760 bits per heavy atom. The van der Waals surface area contributed by atoms with Gasteiger partial charge in [0.1, 0.15) is 12.9 Å². The van der Waals surface area contributed by atoms with Gasteiger partial charge in [0.15, 0.2) is 0 Å². The molecule has 0 aliphatic rings. The Labute approximate surface area is 147 Å². The van der Waals surface area contributed by atoms with Crippen LogP contribution in [0, 0.1) is 12.7 Å². The lowest BCUT2D eigenvalue weighted by Gasteiger charge is -2.08. The van der Waals surface area contributed by atoms with Crippen LogP contribution in [0.3, 0.4) is 0 Å². The second-order valence-electron chi connectivity index (χ2n) is 6.37. The Kier molecular flexibility index (Phi) is 3.81. The Balaban J connectivity index is 1.91. The number of halogens is 1. The molecule has 4 aromatic rings. The van der Waals surface area contributed by atoms with Crippen molar-refractivity contribution in [2.24, 2.45) is 7.05 Å². The summed E-state index contributed by atoms with van der Waals surface area (Å²) in [6.45, 7) is 2.13. The number of aromatic nitrogens is 1. The van der Waals surface area contributed by atoms with Crippen molar-refractivity contribution in [2.45, 2.75) is 6.92 Å². The third kappa shape index (κ3) is 2.80. The van der Waals surface area contributed by atoms with Crippen molar-refractivity contribution in [2.75, 3.05) is 0 Å². The van der Waals surface area contributed by atoms with Gasteiger partial charge in [-0.25, -0.2) is 4.39 Å². The standard InChI is InChI=1S/C23H19FN/c1-16-5-3-4-6-21(16)22-14-11-18-7-8-19(15-23(18)25(22)2)17-9-12-20(24)13-10-17/h3-15H,1-2H3/q+1. The Morgan fingerprint density at radius 2 is 1.44 bits per heavy atom. The molecule has 0 aliphatic heterocycles. The van der Waals surface area contributed by atoms with Crippen LogP contribution in [0.4, 0.5) is 4.39 Å². The van der Waals surface area contributed by atoms with E-state index in [0.717, 1.165) is 16.6 Å². The molecule has 4 rings (SSSR count). The van der Waals surface area contributed by atoms with Gasteiger partial charge < -0.3 is 0 Å². The number of aryl methyl sites for hydroxylation is 2. The third-order valence-electron chi connectivity index (χ3n) is 4.77. The molecule has 0 saturated carbocycles. The minimum absolute atomic E-state index is 0.211. The topological polar surface area (TPSA) is 3.88 Å². The van der Waals surface area contributed by atoms with Gasteiger partial charge in [0.2, 0.25) is 11.2 Å². The van der Waals surface area contributed by atoms with Crippen molar-refractivity contribution in [1.82, 2.24) is 0 Å². The molecule has 0 bridgehead atoms. The van der Waals surface area contributed by atoms with Gasteiger partial charge in [-0.3, -0.25) is 0 Å². The van der Waals surface area contributed by atoms with Crippen molar-refractivity contribution < 1.29 is 8.96 Å². The van der Waals surface area contributed by atoms with Crippen LogP contribution in [0.15, 0.2) is 78.9 Å². The summed E-state index contributed by atoms with van der Waals surface area (Å²) in [4.78, 5) is 0. The molecule has 0 saturated heterocycles. The van der Waals surface area contributed by atoms with Crippen LogP contribution >= 0.6 is 0 Å². The minimum Gasteiger partial charge on any atom is -0.207 e. The lowest BCUT2D eigenvalue weighted by molar-refractivity contribution is -0.633. The summed E-state index contributed by atoms with van der Waals surface area (Å²) >= 11 is 0. The molecule has 0 radical (unpaired) electrons. The molecule has 1 heterocycles. The van der Waals surface area contributed by atoms with Crippen molar-refractivity contribution in [3.05, 3.63) is 90.2 Å². The Morgan fingerprint density at radius 3 is 2.20 bits per heavy atom. The molecule has 0 aliphatic carbocycles. The third-order valence-corrected chi connectivity index (χ3v) is 4.77. The predicted octanol–water partition coefficient (Wildman–Crippen LogP) is 5.45. The van der Waals surface area contributed by atoms with E-state index in [2.05, 4.69) is 73.1 Å². The molecule has 3 aromatic carbocycles. The van der Waals surface area contributed by atoms with Crippen LogP contribution in [0.5, 0.6) is 0 Å². The van der Waals surface area contributed by atoms with Crippen molar-refractivity contribution in [3.8, 4) is 22.4 Å². The maximum absolute atomic E-state index is 13.2. The van der Waals surface area contributed by atoms with Crippen LogP contribution in [-0.4, -0.2) is 0 Å². The van der Waals surface area contributed by atoms with E-state index in [1.165, 1.54) is 34.3 Å². The van der Waals surface area contributed by atoms with E-state index in [-0.39, 0.29) is 5.82 Å². The Bertz CT molecular complexity index is 1070. The van der Waals surface area contributed by atoms with Gasteiger partial charge >= 0.3 is 0 Å². The zero-order valence-corrected chi connectivity index (χ0v) is 14.3. The SMILES string of the molecule is Cc1ccccc1-c1ccc2ccc(-c3ccc(F)cc3)cc2[n+]1C. The molecular formula is C23H19FN+. The summed E-state index contributed by atoms with van der Waals surface area (Å²) < 4.78 is 15.4. The molecule has 2 heteroatoms. The fourth-order valence-corrected chi connectivity index (χ4v) is 3.34. The zero-order valence-electron chi connectivity index (χ0n) is 14.3. The maximum atomic E-state index is 13.2. The van der Waals surface area contributed by atoms with Crippen molar-refractivity contribution >= 4 is 10.9 Å². The molecule has 0 atom stereocenters. The lowest BCUT2D eigenvalue weighted by atomic mass is 10.0. The van der Waals surface area contributed by atoms with E-state index in [4.69, 9.17) is 0 Å². The van der Waals surface area contributed by atoms with Gasteiger partial charge in [-0.15, -0.1) is 0 Å². The molecule has 1 nitrogen and oxygen atoms in total. The lowest BCUT2D eigenvalue weighted by Crippen LogP contribution is -2.32. The van der Waals surface area contributed by atoms with Crippen LogP contribution in [-0.2, 0) is 7.05 Å². The average molecular weight is 328 g/mol. The second kappa shape index (κ2) is 6.14. The van der Waals surface area contributed by atoms with E-state index in [1.807, 2.05) is 12.1 Å². The van der Waals surface area contributed by atoms with Crippen LogP contribution < -0.4 is 4.57 Å². The van der Waals surface area contributed by atoms with E-state index in [9.17, 15) is 4.39 Å². The second-order valence-corrected chi connectivity index (χ2v) is 6.37. The minimum atomic E-state index is -0.211. The number of hydrogen-bond acceptors (Lipinski definition) is 0. The summed E-state index contributed by atoms with van der Waals surface area (Å²) in [5.74, 6) is -0.211.